The van der Waals surface area contributed by atoms with Crippen LogP contribution in [0.2, 0.25) is 0 Å². The van der Waals surface area contributed by atoms with Gasteiger partial charge in [0.2, 0.25) is 0 Å². The summed E-state index contributed by atoms with van der Waals surface area (Å²) < 4.78 is 7.39. The van der Waals surface area contributed by atoms with Crippen LogP contribution in [0.4, 0.5) is 0 Å². The van der Waals surface area contributed by atoms with Crippen molar-refractivity contribution in [3.63, 3.8) is 0 Å². The Balaban J connectivity index is 2.59. The number of aromatic nitrogens is 2. The molecular weight excluding hydrogens is 256 g/mol. The number of nitrogens with zero attached hydrogens (tertiary/aromatic N) is 2. The molecule has 1 heterocycles. The molecule has 0 saturated carbocycles. The molecule has 1 aromatic heterocycles. The van der Waals surface area contributed by atoms with E-state index in [1.807, 2.05) is 39.0 Å². The van der Waals surface area contributed by atoms with E-state index < -0.39 is 5.97 Å². The van der Waals surface area contributed by atoms with Crippen molar-refractivity contribution in [3.8, 4) is 17.0 Å². The first kappa shape index (κ1) is 14.1. The highest BCUT2D eigenvalue weighted by atomic mass is 16.5. The van der Waals surface area contributed by atoms with Crippen LogP contribution in [0.5, 0.6) is 5.75 Å². The van der Waals surface area contributed by atoms with Crippen molar-refractivity contribution in [2.75, 3.05) is 0 Å². The molecule has 20 heavy (non-hydrogen) atoms. The van der Waals surface area contributed by atoms with Crippen LogP contribution in [-0.4, -0.2) is 27.0 Å². The molecule has 106 valence electrons. The largest absolute Gasteiger partial charge is 0.490 e. The maximum Gasteiger partial charge on any atom is 0.356 e. The van der Waals surface area contributed by atoms with Crippen molar-refractivity contribution in [1.29, 1.82) is 0 Å². The third kappa shape index (κ3) is 2.66. The van der Waals surface area contributed by atoms with Gasteiger partial charge in [0.05, 0.1) is 11.8 Å². The third-order valence-corrected chi connectivity index (χ3v) is 2.95. The molecule has 0 aliphatic heterocycles. The summed E-state index contributed by atoms with van der Waals surface area (Å²) >= 11 is 0. The molecular formula is C15H18N2O3. The summed E-state index contributed by atoms with van der Waals surface area (Å²) in [5.74, 6) is -0.299. The molecule has 0 aliphatic carbocycles. The number of ether oxygens (including phenoxy) is 1. The number of aryl methyl sites for hydroxylation is 2. The third-order valence-electron chi connectivity index (χ3n) is 2.95. The first-order valence-electron chi connectivity index (χ1n) is 6.44. The lowest BCUT2D eigenvalue weighted by atomic mass is 10.0. The maximum absolute atomic E-state index is 11.0. The molecule has 1 aromatic carbocycles. The summed E-state index contributed by atoms with van der Waals surface area (Å²) in [6.45, 7) is 5.88. The van der Waals surface area contributed by atoms with Crippen molar-refractivity contribution < 1.29 is 14.6 Å². The maximum atomic E-state index is 11.0. The van der Waals surface area contributed by atoms with E-state index in [1.54, 1.807) is 17.8 Å². The number of hydrogen-bond donors (Lipinski definition) is 1. The Morgan fingerprint density at radius 3 is 2.65 bits per heavy atom. The number of benzene rings is 1. The van der Waals surface area contributed by atoms with E-state index in [9.17, 15) is 4.79 Å². The van der Waals surface area contributed by atoms with Gasteiger partial charge in [-0.1, -0.05) is 12.1 Å². The average molecular weight is 274 g/mol. The van der Waals surface area contributed by atoms with Gasteiger partial charge < -0.3 is 9.84 Å². The van der Waals surface area contributed by atoms with Crippen LogP contribution in [0, 0.1) is 6.92 Å². The highest BCUT2D eigenvalue weighted by molar-refractivity contribution is 5.87. The van der Waals surface area contributed by atoms with Gasteiger partial charge in [-0.3, -0.25) is 4.68 Å². The van der Waals surface area contributed by atoms with Gasteiger partial charge in [0.15, 0.2) is 5.69 Å². The summed E-state index contributed by atoms with van der Waals surface area (Å²) in [7, 11) is 1.73. The van der Waals surface area contributed by atoms with Crippen LogP contribution >= 0.6 is 0 Å². The van der Waals surface area contributed by atoms with E-state index in [-0.39, 0.29) is 11.8 Å². The summed E-state index contributed by atoms with van der Waals surface area (Å²) in [6.07, 6.45) is 0.0442. The Labute approximate surface area is 117 Å². The van der Waals surface area contributed by atoms with Gasteiger partial charge in [0.1, 0.15) is 5.75 Å². The van der Waals surface area contributed by atoms with Gasteiger partial charge in [-0.25, -0.2) is 4.79 Å². The molecule has 0 radical (unpaired) electrons. The topological polar surface area (TPSA) is 64.3 Å². The second-order valence-electron chi connectivity index (χ2n) is 4.96. The zero-order valence-electron chi connectivity index (χ0n) is 12.0. The molecule has 0 bridgehead atoms. The first-order chi connectivity index (χ1) is 9.40. The smallest absolute Gasteiger partial charge is 0.356 e. The van der Waals surface area contributed by atoms with Crippen LogP contribution in [0.3, 0.4) is 0 Å². The number of carbonyl (C=O) groups is 1. The minimum Gasteiger partial charge on any atom is -0.490 e. The standard InChI is InChI=1S/C15H18N2O3/c1-9(2)20-13-7-5-6-10(3)14(13)12-8-11(15(18)19)16-17(12)4/h5-9H,1-4H3,(H,18,19). The number of rotatable bonds is 4. The van der Waals surface area contributed by atoms with Crippen LogP contribution in [0.1, 0.15) is 29.9 Å². The Morgan fingerprint density at radius 2 is 2.10 bits per heavy atom. The van der Waals surface area contributed by atoms with E-state index in [2.05, 4.69) is 5.10 Å². The molecule has 0 unspecified atom stereocenters. The average Bonchev–Trinajstić information content (AvgIpc) is 2.71. The number of carboxylic acid groups (broad SMARTS) is 1. The fraction of sp³-hybridized carbons (Fsp3) is 0.333. The van der Waals surface area contributed by atoms with E-state index in [0.29, 0.717) is 0 Å². The molecule has 0 saturated heterocycles. The molecule has 2 aromatic rings. The fourth-order valence-electron chi connectivity index (χ4n) is 2.13. The summed E-state index contributed by atoms with van der Waals surface area (Å²) in [5.41, 5.74) is 2.66. The van der Waals surface area contributed by atoms with Crippen LogP contribution < -0.4 is 4.74 Å². The fourth-order valence-corrected chi connectivity index (χ4v) is 2.13. The van der Waals surface area contributed by atoms with Crippen molar-refractivity contribution in [2.24, 2.45) is 7.05 Å². The Kier molecular flexibility index (Phi) is 3.79. The molecule has 0 aliphatic rings. The summed E-state index contributed by atoms with van der Waals surface area (Å²) in [4.78, 5) is 11.0. The van der Waals surface area contributed by atoms with Crippen molar-refractivity contribution >= 4 is 5.97 Å². The van der Waals surface area contributed by atoms with Crippen molar-refractivity contribution in [3.05, 3.63) is 35.5 Å². The van der Waals surface area contributed by atoms with Gasteiger partial charge in [0, 0.05) is 12.6 Å². The first-order valence-corrected chi connectivity index (χ1v) is 6.44. The monoisotopic (exact) mass is 274 g/mol. The highest BCUT2D eigenvalue weighted by Gasteiger charge is 2.18. The number of hydrogen-bond acceptors (Lipinski definition) is 3. The van der Waals surface area contributed by atoms with E-state index in [0.717, 1.165) is 22.6 Å². The quantitative estimate of drug-likeness (QED) is 0.931. The van der Waals surface area contributed by atoms with Crippen LogP contribution in [0.25, 0.3) is 11.3 Å². The molecule has 5 nitrogen and oxygen atoms in total. The Morgan fingerprint density at radius 1 is 1.40 bits per heavy atom. The molecule has 0 atom stereocenters. The summed E-state index contributed by atoms with van der Waals surface area (Å²) in [6, 6.07) is 7.34. The molecule has 2 rings (SSSR count). The predicted octanol–water partition coefficient (Wildman–Crippen LogP) is 2.88. The zero-order valence-corrected chi connectivity index (χ0v) is 12.0. The normalized spacial score (nSPS) is 10.8. The SMILES string of the molecule is Cc1cccc(OC(C)C)c1-c1cc(C(=O)O)nn1C. The zero-order chi connectivity index (χ0) is 14.9. The van der Waals surface area contributed by atoms with Gasteiger partial charge in [-0.2, -0.15) is 5.10 Å². The molecule has 1 N–H and O–H groups in total. The Hall–Kier alpha value is -2.30. The lowest BCUT2D eigenvalue weighted by Gasteiger charge is -2.16. The van der Waals surface area contributed by atoms with Gasteiger partial charge >= 0.3 is 5.97 Å². The van der Waals surface area contributed by atoms with Crippen molar-refractivity contribution in [1.82, 2.24) is 9.78 Å². The van der Waals surface area contributed by atoms with Gasteiger partial charge in [-0.05, 0) is 38.5 Å². The summed E-state index contributed by atoms with van der Waals surface area (Å²) in [5, 5.41) is 13.1. The lowest BCUT2D eigenvalue weighted by Crippen LogP contribution is -2.08. The minimum absolute atomic E-state index is 0.0289. The second kappa shape index (κ2) is 5.36. The highest BCUT2D eigenvalue weighted by Crippen LogP contribution is 2.34. The molecule has 0 spiro atoms. The van der Waals surface area contributed by atoms with Crippen LogP contribution in [-0.2, 0) is 7.05 Å². The predicted molar refractivity (Wildman–Crippen MR) is 76.1 cm³/mol. The van der Waals surface area contributed by atoms with Gasteiger partial charge in [-0.15, -0.1) is 0 Å². The lowest BCUT2D eigenvalue weighted by molar-refractivity contribution is 0.0689. The van der Waals surface area contributed by atoms with Crippen LogP contribution in [0.15, 0.2) is 24.3 Å². The van der Waals surface area contributed by atoms with E-state index in [4.69, 9.17) is 9.84 Å². The second-order valence-corrected chi connectivity index (χ2v) is 4.96. The Bertz CT molecular complexity index is 645. The van der Waals surface area contributed by atoms with E-state index >= 15 is 0 Å². The number of aromatic carboxylic acids is 1. The van der Waals surface area contributed by atoms with Crippen molar-refractivity contribution in [2.45, 2.75) is 26.9 Å². The molecule has 0 fully saturated rings. The molecule has 5 heteroatoms. The van der Waals surface area contributed by atoms with E-state index in [1.165, 1.54) is 0 Å². The minimum atomic E-state index is -1.04. The molecule has 0 amide bonds. The number of carboxylic acids is 1. The van der Waals surface area contributed by atoms with Gasteiger partial charge in [0.25, 0.3) is 0 Å².